The van der Waals surface area contributed by atoms with E-state index >= 15 is 4.39 Å². The highest BCUT2D eigenvalue weighted by Crippen LogP contribution is 2.46. The fourth-order valence-electron chi connectivity index (χ4n) is 16.4. The highest BCUT2D eigenvalue weighted by molar-refractivity contribution is 6.15. The van der Waals surface area contributed by atoms with Crippen molar-refractivity contribution in [3.63, 3.8) is 0 Å². The maximum atomic E-state index is 16.0. The Morgan fingerprint density at radius 3 is 0.897 bits per heavy atom. The fourth-order valence-corrected chi connectivity index (χ4v) is 16.4. The summed E-state index contributed by atoms with van der Waals surface area (Å²) in [5.74, 6) is 2.80. The van der Waals surface area contributed by atoms with Crippen LogP contribution in [0.25, 0.3) is 162 Å². The molecule has 0 saturated heterocycles. The maximum Gasteiger partial charge on any atom is 0.167 e. The molecule has 0 spiro atoms. The second-order valence-corrected chi connectivity index (χ2v) is 34.9. The van der Waals surface area contributed by atoms with Crippen molar-refractivity contribution in [1.82, 2.24) is 43.6 Å². The Labute approximate surface area is 683 Å². The molecule has 0 fully saturated rings. The van der Waals surface area contributed by atoms with Crippen LogP contribution >= 0.6 is 0 Å². The Bertz CT molecular complexity index is 6730. The highest BCUT2D eigenvalue weighted by Gasteiger charge is 2.29. The molecule has 14 aromatic carbocycles. The van der Waals surface area contributed by atoms with E-state index < -0.39 is 0 Å². The summed E-state index contributed by atoms with van der Waals surface area (Å²) < 4.78 is 22.9. The van der Waals surface area contributed by atoms with Crippen molar-refractivity contribution in [3.05, 3.63) is 367 Å². The number of rotatable bonds is 9. The molecule has 0 atom stereocenters. The van der Waals surface area contributed by atoms with E-state index in [4.69, 9.17) is 29.9 Å². The predicted octanol–water partition coefficient (Wildman–Crippen LogP) is 27.6. The topological polar surface area (TPSA) is 92.1 Å². The van der Waals surface area contributed by atoms with Crippen molar-refractivity contribution in [2.24, 2.45) is 0 Å². The average molecular weight is 1520 g/mol. The third-order valence-electron chi connectivity index (χ3n) is 22.8. The number of halogens is 1. The molecule has 0 amide bonds. The number of hydrogen-bond acceptors (Lipinski definition) is 6. The van der Waals surface area contributed by atoms with Gasteiger partial charge in [-0.05, 0) is 158 Å². The van der Waals surface area contributed by atoms with Crippen LogP contribution in [0.2, 0.25) is 0 Å². The van der Waals surface area contributed by atoms with Crippen LogP contribution in [0.4, 0.5) is 4.39 Å². The number of aromatic nitrogens is 9. The normalized spacial score (nSPS) is 12.3. The van der Waals surface area contributed by atoms with Gasteiger partial charge < -0.3 is 13.7 Å². The molecule has 19 aromatic rings. The molecule has 572 valence electrons. The van der Waals surface area contributed by atoms with E-state index in [1.165, 1.54) is 60.7 Å². The van der Waals surface area contributed by atoms with Gasteiger partial charge in [0, 0.05) is 71.5 Å². The molecule has 10 heteroatoms. The number of para-hydroxylation sites is 4. The van der Waals surface area contributed by atoms with Gasteiger partial charge in [0.2, 0.25) is 0 Å². The van der Waals surface area contributed by atoms with E-state index in [-0.39, 0.29) is 27.5 Å². The Balaban J connectivity index is 0.000000136. The van der Waals surface area contributed by atoms with E-state index in [9.17, 15) is 0 Å². The Morgan fingerprint density at radius 1 is 0.231 bits per heavy atom. The van der Waals surface area contributed by atoms with Crippen molar-refractivity contribution in [1.29, 1.82) is 0 Å². The van der Waals surface area contributed by atoms with E-state index in [1.807, 2.05) is 146 Å². The van der Waals surface area contributed by atoms with E-state index in [1.54, 1.807) is 6.07 Å². The van der Waals surface area contributed by atoms with Crippen molar-refractivity contribution >= 4 is 65.4 Å². The molecule has 0 N–H and O–H groups in total. The first-order chi connectivity index (χ1) is 56.4. The molecular formula is C107H92FN9. The monoisotopic (exact) mass is 1520 g/mol. The van der Waals surface area contributed by atoms with Crippen LogP contribution in [0.15, 0.2) is 328 Å². The summed E-state index contributed by atoms with van der Waals surface area (Å²) in [6.07, 6.45) is 1.08. The van der Waals surface area contributed by atoms with Crippen LogP contribution in [0, 0.1) is 5.82 Å². The van der Waals surface area contributed by atoms with Crippen LogP contribution < -0.4 is 0 Å². The zero-order chi connectivity index (χ0) is 80.7. The smallest absolute Gasteiger partial charge is 0.167 e. The first kappa shape index (κ1) is 74.8. The molecule has 9 nitrogen and oxygen atoms in total. The number of nitrogens with zero attached hydrogens (tertiary/aromatic N) is 9. The zero-order valence-electron chi connectivity index (χ0n) is 68.3. The molecule has 20 rings (SSSR count). The first-order valence-corrected chi connectivity index (χ1v) is 40.5. The lowest BCUT2D eigenvalue weighted by molar-refractivity contribution is 0.589. The number of fused-ring (bicyclic) bond motifs is 12. The highest BCUT2D eigenvalue weighted by atomic mass is 19.1. The van der Waals surface area contributed by atoms with Gasteiger partial charge >= 0.3 is 0 Å². The lowest BCUT2D eigenvalue weighted by Gasteiger charge is -2.21. The average Bonchev–Trinajstić information content (AvgIpc) is 1.54. The maximum absolute atomic E-state index is 16.0. The summed E-state index contributed by atoms with van der Waals surface area (Å²) in [4.78, 5) is 30.0. The second-order valence-electron chi connectivity index (χ2n) is 34.9. The summed E-state index contributed by atoms with van der Waals surface area (Å²) >= 11 is 0. The Hall–Kier alpha value is -13.6. The fraction of sp³-hybridized carbons (Fsp3) is 0.159. The van der Waals surface area contributed by atoms with Crippen LogP contribution in [-0.4, -0.2) is 43.6 Å². The van der Waals surface area contributed by atoms with E-state index in [0.29, 0.717) is 40.5 Å². The minimum atomic E-state index is -0.387. The molecule has 5 heterocycles. The minimum Gasteiger partial charge on any atom is -0.309 e. The first-order valence-electron chi connectivity index (χ1n) is 40.5. The molecule has 0 saturated carbocycles. The summed E-state index contributed by atoms with van der Waals surface area (Å²) in [5, 5.41) is 6.73. The molecule has 1 aliphatic carbocycles. The van der Waals surface area contributed by atoms with Gasteiger partial charge in [0.15, 0.2) is 34.9 Å². The van der Waals surface area contributed by atoms with Gasteiger partial charge in [0.25, 0.3) is 0 Å². The Kier molecular flexibility index (Phi) is 19.0. The third kappa shape index (κ3) is 14.3. The molecule has 117 heavy (non-hydrogen) atoms. The molecule has 0 radical (unpaired) electrons. The molecule has 5 aromatic heterocycles. The second kappa shape index (κ2) is 29.7. The Morgan fingerprint density at radius 2 is 0.521 bits per heavy atom. The zero-order valence-corrected chi connectivity index (χ0v) is 68.3. The number of hydrogen-bond donors (Lipinski definition) is 0. The summed E-state index contributed by atoms with van der Waals surface area (Å²) in [5.41, 5.74) is 25.9. The standard InChI is InChI=1S/C53H45N5.C33H21FN4.C21H26/c1-52(2,3)36-26-28-45-40(30-36)41-31-37(53(4,5)6)27-29-46(41)58(45)48-33-47-42(39-24-16-17-25-44(39)57(47)38-22-14-9-15-23-38)32-43(48)51-55-49(34-18-10-7-11-19-34)54-50(56-51)35-20-12-8-13-21-35;34-28-21-30-26(25-18-10-11-19-29(25)38(30)24-16-8-3-9-17-24)20-27(28)33-36-31(22-12-4-1-5-13-22)35-32(37-33)23-14-6-2-7-15-23;1-20(2,3)16-9-7-14-11-15-8-10-17(21(4,5)6)13-19(15)18(14)12-16/h7-33H,1-6H3;1-21H;7-10,12-13H,11H2,1-6H3. The molecule has 0 unspecified atom stereocenters. The van der Waals surface area contributed by atoms with Crippen LogP contribution in [0.5, 0.6) is 0 Å². The van der Waals surface area contributed by atoms with Gasteiger partial charge in [-0.15, -0.1) is 0 Å². The van der Waals surface area contributed by atoms with Crippen molar-refractivity contribution in [2.45, 2.75) is 111 Å². The summed E-state index contributed by atoms with van der Waals surface area (Å²) in [6.45, 7) is 27.5. The van der Waals surface area contributed by atoms with Crippen LogP contribution in [0.3, 0.4) is 0 Å². The van der Waals surface area contributed by atoms with Gasteiger partial charge in [-0.1, -0.05) is 326 Å². The van der Waals surface area contributed by atoms with Gasteiger partial charge in [0.05, 0.1) is 44.4 Å². The quantitative estimate of drug-likeness (QED) is 0.143. The van der Waals surface area contributed by atoms with Crippen LogP contribution in [-0.2, 0) is 28.1 Å². The molecule has 0 bridgehead atoms. The molecular weight excluding hydrogens is 1430 g/mol. The molecule has 1 aliphatic rings. The van der Waals surface area contributed by atoms with Gasteiger partial charge in [-0.3, -0.25) is 0 Å². The van der Waals surface area contributed by atoms with Crippen LogP contribution in [0.1, 0.15) is 116 Å². The van der Waals surface area contributed by atoms with Gasteiger partial charge in [-0.2, -0.15) is 0 Å². The summed E-state index contributed by atoms with van der Waals surface area (Å²) in [7, 11) is 0. The van der Waals surface area contributed by atoms with Crippen molar-refractivity contribution < 1.29 is 4.39 Å². The molecule has 0 aliphatic heterocycles. The van der Waals surface area contributed by atoms with E-state index in [2.05, 4.69) is 273 Å². The van der Waals surface area contributed by atoms with E-state index in [0.717, 1.165) is 101 Å². The predicted molar refractivity (Wildman–Crippen MR) is 485 cm³/mol. The largest absolute Gasteiger partial charge is 0.309 e. The van der Waals surface area contributed by atoms with Crippen molar-refractivity contribution in [3.8, 4) is 96.5 Å². The lowest BCUT2D eigenvalue weighted by atomic mass is 9.83. The lowest BCUT2D eigenvalue weighted by Crippen LogP contribution is -2.11. The SMILES string of the molecule is CC(C)(C)c1ccc2c(c1)-c1cc(C(C)(C)C)ccc1C2.CC(C)(C)c1ccc2c(c1)c1cc(C(C)(C)C)ccc1n2-c1cc2c(cc1-c1nc(-c3ccccc3)nc(-c3ccccc3)n1)c1ccccc1n2-c1ccccc1.Fc1cc2c(cc1-c1nc(-c3ccccc3)nc(-c3ccccc3)n1)c1ccccc1n2-c1ccccc1. The van der Waals surface area contributed by atoms with Gasteiger partial charge in [0.1, 0.15) is 5.82 Å². The van der Waals surface area contributed by atoms with Crippen molar-refractivity contribution in [2.75, 3.05) is 0 Å². The summed E-state index contributed by atoms with van der Waals surface area (Å²) in [6, 6.07) is 114. The third-order valence-corrected chi connectivity index (χ3v) is 22.8. The minimum absolute atomic E-state index is 0.0164. The van der Waals surface area contributed by atoms with Gasteiger partial charge in [-0.25, -0.2) is 34.3 Å². The number of benzene rings is 14.